The second-order valence-electron chi connectivity index (χ2n) is 14.4. The molecular formula is C35H46N6O4S. The van der Waals surface area contributed by atoms with Crippen LogP contribution in [0.15, 0.2) is 30.3 Å². The molecule has 0 spiro atoms. The molecule has 10 nitrogen and oxygen atoms in total. The third-order valence-electron chi connectivity index (χ3n) is 9.99. The molecule has 1 aliphatic carbocycles. The molecule has 1 unspecified atom stereocenters. The number of benzene rings is 1. The lowest BCUT2D eigenvalue weighted by Gasteiger charge is -2.34. The van der Waals surface area contributed by atoms with Gasteiger partial charge in [0.15, 0.2) is 5.01 Å². The molecule has 2 saturated heterocycles. The minimum atomic E-state index is -0.355. The van der Waals surface area contributed by atoms with Gasteiger partial charge in [-0.1, -0.05) is 44.2 Å². The van der Waals surface area contributed by atoms with Crippen LogP contribution in [0.4, 0.5) is 0 Å². The predicted molar refractivity (Wildman–Crippen MR) is 179 cm³/mol. The van der Waals surface area contributed by atoms with Crippen LogP contribution in [0.3, 0.4) is 0 Å². The summed E-state index contributed by atoms with van der Waals surface area (Å²) in [5.41, 5.74) is 4.68. The molecule has 2 aliphatic heterocycles. The molecule has 2 fully saturated rings. The van der Waals surface area contributed by atoms with Gasteiger partial charge in [-0.25, -0.2) is 9.97 Å². The third kappa shape index (κ3) is 7.42. The lowest BCUT2D eigenvalue weighted by molar-refractivity contribution is -0.126. The molecule has 0 saturated carbocycles. The molecule has 0 radical (unpaired) electrons. The summed E-state index contributed by atoms with van der Waals surface area (Å²) in [5.74, 6) is 0.116. The van der Waals surface area contributed by atoms with Crippen molar-refractivity contribution in [3.8, 4) is 0 Å². The number of likely N-dealkylation sites (N-methyl/N-ethyl adjacent to an activating group) is 1. The normalized spacial score (nSPS) is 21.8. The standard InChI is InChI=1S/C35H46N6O4S/c1-35(2,3)24-8-9-27-23(17-24)18-29-33(38-27)46-34(39-29)32(45)37-28(12-15-41-13-10-26(42)11-14-41)21-6-5-7-22(16-21)31(44)36-25-19-30(43)40(4)20-25/h5-7,16,18,24-26,28,42H,8-15,17,19-20H2,1-4H3,(H,36,44)(H,37,45)/t24-,25?,28+/m0/s1. The molecule has 6 rings (SSSR count). The van der Waals surface area contributed by atoms with Crippen LogP contribution in [0.2, 0.25) is 0 Å². The van der Waals surface area contributed by atoms with Gasteiger partial charge in [0.25, 0.3) is 11.8 Å². The zero-order valence-corrected chi connectivity index (χ0v) is 28.2. The summed E-state index contributed by atoms with van der Waals surface area (Å²) in [4.78, 5) is 53.3. The average Bonchev–Trinajstić information content (AvgIpc) is 3.59. The van der Waals surface area contributed by atoms with Crippen molar-refractivity contribution in [1.29, 1.82) is 0 Å². The highest BCUT2D eigenvalue weighted by Crippen LogP contribution is 2.38. The van der Waals surface area contributed by atoms with Crippen LogP contribution in [-0.4, -0.2) is 88.0 Å². The lowest BCUT2D eigenvalue weighted by Crippen LogP contribution is -2.38. The van der Waals surface area contributed by atoms with E-state index >= 15 is 0 Å². The Hall–Kier alpha value is -3.41. The van der Waals surface area contributed by atoms with E-state index in [1.165, 1.54) is 16.9 Å². The quantitative estimate of drug-likeness (QED) is 0.336. The zero-order chi connectivity index (χ0) is 32.6. The summed E-state index contributed by atoms with van der Waals surface area (Å²) in [7, 11) is 1.74. The molecule has 11 heteroatoms. The number of aliphatic hydroxyl groups excluding tert-OH is 1. The van der Waals surface area contributed by atoms with E-state index in [0.717, 1.165) is 73.3 Å². The SMILES string of the molecule is CN1CC(NC(=O)c2cccc([C@@H](CCN3CCC(O)CC3)NC(=O)c3nc4cc5c(nc4s3)CC[C@H](C(C)(C)C)C5)c2)CC1=O. The Bertz CT molecular complexity index is 1610. The van der Waals surface area contributed by atoms with E-state index in [4.69, 9.17) is 9.97 Å². The van der Waals surface area contributed by atoms with Crippen molar-refractivity contribution in [2.75, 3.05) is 33.2 Å². The topological polar surface area (TPSA) is 128 Å². The molecule has 3 amide bonds. The van der Waals surface area contributed by atoms with Crippen LogP contribution in [-0.2, 0) is 17.6 Å². The second kappa shape index (κ2) is 13.4. The Morgan fingerprint density at radius 3 is 2.59 bits per heavy atom. The largest absolute Gasteiger partial charge is 0.393 e. The molecule has 246 valence electrons. The van der Waals surface area contributed by atoms with Crippen molar-refractivity contribution in [3.63, 3.8) is 0 Å². The van der Waals surface area contributed by atoms with Crippen LogP contribution in [0.5, 0.6) is 0 Å². The molecule has 0 bridgehead atoms. The van der Waals surface area contributed by atoms with E-state index in [1.54, 1.807) is 18.0 Å². The summed E-state index contributed by atoms with van der Waals surface area (Å²) in [6.45, 7) is 9.74. The molecule has 3 aromatic rings. The van der Waals surface area contributed by atoms with E-state index in [0.29, 0.717) is 35.9 Å². The number of thiazole rings is 1. The van der Waals surface area contributed by atoms with Gasteiger partial charge in [-0.2, -0.15) is 0 Å². The minimum absolute atomic E-state index is 0.0198. The van der Waals surface area contributed by atoms with Crippen LogP contribution in [0.25, 0.3) is 10.3 Å². The molecule has 3 N–H and O–H groups in total. The highest BCUT2D eigenvalue weighted by atomic mass is 32.1. The fraction of sp³-hybridized carbons (Fsp3) is 0.571. The maximum atomic E-state index is 13.8. The number of carbonyl (C=O) groups is 3. The molecular weight excluding hydrogens is 600 g/mol. The van der Waals surface area contributed by atoms with Gasteiger partial charge in [-0.05, 0) is 79.2 Å². The summed E-state index contributed by atoms with van der Waals surface area (Å²) in [6.07, 6.45) is 5.20. The van der Waals surface area contributed by atoms with Crippen LogP contribution in [0.1, 0.15) is 95.9 Å². The Morgan fingerprint density at radius 2 is 1.87 bits per heavy atom. The fourth-order valence-electron chi connectivity index (χ4n) is 6.97. The molecule has 3 aliphatic rings. The first kappa shape index (κ1) is 32.5. The summed E-state index contributed by atoms with van der Waals surface area (Å²) in [6, 6.07) is 8.92. The predicted octanol–water partition coefficient (Wildman–Crippen LogP) is 4.12. The Morgan fingerprint density at radius 1 is 1.09 bits per heavy atom. The molecule has 2 aromatic heterocycles. The maximum Gasteiger partial charge on any atom is 0.280 e. The molecule has 4 heterocycles. The second-order valence-corrected chi connectivity index (χ2v) is 15.4. The van der Waals surface area contributed by atoms with Gasteiger partial charge in [0.1, 0.15) is 10.3 Å². The number of hydrogen-bond donors (Lipinski definition) is 3. The number of hydrogen-bond acceptors (Lipinski definition) is 8. The van der Waals surface area contributed by atoms with Gasteiger partial charge < -0.3 is 25.5 Å². The molecule has 46 heavy (non-hydrogen) atoms. The van der Waals surface area contributed by atoms with Crippen molar-refractivity contribution >= 4 is 39.4 Å². The monoisotopic (exact) mass is 646 g/mol. The summed E-state index contributed by atoms with van der Waals surface area (Å²) >= 11 is 1.33. The van der Waals surface area contributed by atoms with Gasteiger partial charge >= 0.3 is 0 Å². The van der Waals surface area contributed by atoms with E-state index in [1.807, 2.05) is 18.2 Å². The number of aliphatic hydroxyl groups is 1. The lowest BCUT2D eigenvalue weighted by atomic mass is 9.71. The zero-order valence-electron chi connectivity index (χ0n) is 27.3. The van der Waals surface area contributed by atoms with E-state index in [9.17, 15) is 19.5 Å². The maximum absolute atomic E-state index is 13.8. The Kier molecular flexibility index (Phi) is 9.45. The van der Waals surface area contributed by atoms with Gasteiger partial charge in [-0.15, -0.1) is 0 Å². The highest BCUT2D eigenvalue weighted by Gasteiger charge is 2.31. The Balaban J connectivity index is 1.20. The van der Waals surface area contributed by atoms with Crippen LogP contribution in [0, 0.1) is 11.3 Å². The third-order valence-corrected chi connectivity index (χ3v) is 11.0. The van der Waals surface area contributed by atoms with Crippen LogP contribution >= 0.6 is 11.3 Å². The first-order chi connectivity index (χ1) is 21.9. The number of nitrogens with one attached hydrogen (secondary N) is 2. The number of rotatable bonds is 8. The first-order valence-corrected chi connectivity index (χ1v) is 17.4. The first-order valence-electron chi connectivity index (χ1n) is 16.6. The van der Waals surface area contributed by atoms with Gasteiger partial charge in [0.05, 0.1) is 18.2 Å². The average molecular weight is 647 g/mol. The number of carbonyl (C=O) groups excluding carboxylic acids is 3. The fourth-order valence-corrected chi connectivity index (χ4v) is 7.81. The smallest absolute Gasteiger partial charge is 0.280 e. The number of amides is 3. The van der Waals surface area contributed by atoms with Crippen molar-refractivity contribution in [1.82, 2.24) is 30.4 Å². The van der Waals surface area contributed by atoms with Gasteiger partial charge in [-0.3, -0.25) is 14.4 Å². The number of nitrogens with zero attached hydrogens (tertiary/aromatic N) is 4. The minimum Gasteiger partial charge on any atom is -0.393 e. The van der Waals surface area contributed by atoms with E-state index in [-0.39, 0.29) is 41.3 Å². The van der Waals surface area contributed by atoms with Crippen molar-refractivity contribution in [3.05, 3.63) is 57.7 Å². The summed E-state index contributed by atoms with van der Waals surface area (Å²) < 4.78 is 0. The number of fused-ring (bicyclic) bond motifs is 2. The molecule has 3 atom stereocenters. The number of likely N-dealkylation sites (tertiary alicyclic amines) is 2. The van der Waals surface area contributed by atoms with Gasteiger partial charge in [0, 0.05) is 50.9 Å². The highest BCUT2D eigenvalue weighted by molar-refractivity contribution is 7.19. The van der Waals surface area contributed by atoms with Crippen LogP contribution < -0.4 is 10.6 Å². The number of pyridine rings is 1. The molecule has 1 aromatic carbocycles. The van der Waals surface area contributed by atoms with E-state index in [2.05, 4.69) is 42.4 Å². The van der Waals surface area contributed by atoms with E-state index < -0.39 is 0 Å². The Labute approximate surface area is 275 Å². The van der Waals surface area contributed by atoms with Gasteiger partial charge in [0.2, 0.25) is 5.91 Å². The summed E-state index contributed by atoms with van der Waals surface area (Å²) in [5, 5.41) is 16.6. The number of aryl methyl sites for hydroxylation is 1. The number of aromatic nitrogens is 2. The van der Waals surface area contributed by atoms with Crippen molar-refractivity contribution in [2.24, 2.45) is 11.3 Å². The van der Waals surface area contributed by atoms with Crippen molar-refractivity contribution < 1.29 is 19.5 Å². The van der Waals surface area contributed by atoms with Crippen molar-refractivity contribution in [2.45, 2.75) is 83.9 Å². The number of piperidine rings is 1.